The second-order valence-corrected chi connectivity index (χ2v) is 3.21. The Morgan fingerprint density at radius 3 is 2.69 bits per heavy atom. The number of nitrogens with zero attached hydrogens (tertiary/aromatic N) is 1. The fourth-order valence-corrected chi connectivity index (χ4v) is 1.40. The minimum atomic E-state index is 0.454. The smallest absolute Gasteiger partial charge is 0.124 e. The molecule has 0 saturated heterocycles. The van der Waals surface area contributed by atoms with Gasteiger partial charge in [-0.1, -0.05) is 12.2 Å². The highest BCUT2D eigenvalue weighted by atomic mass is 16.1. The highest BCUT2D eigenvalue weighted by Crippen LogP contribution is 2.39. The van der Waals surface area contributed by atoms with Gasteiger partial charge in [-0.05, 0) is 32.1 Å². The summed E-state index contributed by atoms with van der Waals surface area (Å²) in [4.78, 5) is 14.4. The lowest BCUT2D eigenvalue weighted by Gasteiger charge is -2.03. The van der Waals surface area contributed by atoms with Crippen molar-refractivity contribution in [2.75, 3.05) is 0 Å². The van der Waals surface area contributed by atoms with Crippen LogP contribution in [0.25, 0.3) is 0 Å². The lowest BCUT2D eigenvalue weighted by atomic mass is 10.1. The molecule has 0 atom stereocenters. The Balaban J connectivity index is 2.87. The number of carbonyl (C=O) groups is 1. The molecule has 0 unspecified atom stereocenters. The maximum atomic E-state index is 10.4. The van der Waals surface area contributed by atoms with E-state index in [9.17, 15) is 4.79 Å². The van der Waals surface area contributed by atoms with Crippen molar-refractivity contribution in [1.82, 2.24) is 0 Å². The maximum Gasteiger partial charge on any atom is 0.124 e. The third kappa shape index (κ3) is 2.65. The zero-order valence-electron chi connectivity index (χ0n) is 7.99. The minimum absolute atomic E-state index is 0.454. The van der Waals surface area contributed by atoms with E-state index in [0.29, 0.717) is 12.3 Å². The van der Waals surface area contributed by atoms with E-state index in [1.165, 1.54) is 12.8 Å². The second-order valence-electron chi connectivity index (χ2n) is 3.21. The Kier molecular flexibility index (Phi) is 3.62. The molecule has 1 rings (SSSR count). The van der Waals surface area contributed by atoms with Gasteiger partial charge in [0.15, 0.2) is 0 Å². The number of hydrogen-bond acceptors (Lipinski definition) is 2. The first-order valence-corrected chi connectivity index (χ1v) is 4.59. The van der Waals surface area contributed by atoms with Gasteiger partial charge in [0.2, 0.25) is 0 Å². The molecule has 0 spiro atoms. The fourth-order valence-electron chi connectivity index (χ4n) is 1.40. The molecule has 2 nitrogen and oxygen atoms in total. The van der Waals surface area contributed by atoms with Crippen LogP contribution in [0.5, 0.6) is 0 Å². The molecule has 1 aliphatic rings. The Morgan fingerprint density at radius 2 is 2.31 bits per heavy atom. The summed E-state index contributed by atoms with van der Waals surface area (Å²) in [5.74, 6) is 0.559. The average molecular weight is 177 g/mol. The van der Waals surface area contributed by atoms with Gasteiger partial charge >= 0.3 is 0 Å². The van der Waals surface area contributed by atoms with Gasteiger partial charge in [0, 0.05) is 18.0 Å². The highest BCUT2D eigenvalue weighted by Gasteiger charge is 2.27. The highest BCUT2D eigenvalue weighted by molar-refractivity contribution is 5.57. The molecule has 0 aromatic rings. The molecule has 13 heavy (non-hydrogen) atoms. The van der Waals surface area contributed by atoms with Crippen LogP contribution in [-0.2, 0) is 4.79 Å². The van der Waals surface area contributed by atoms with Gasteiger partial charge in [0.05, 0.1) is 0 Å². The largest absolute Gasteiger partial charge is 0.303 e. The van der Waals surface area contributed by atoms with Crippen molar-refractivity contribution in [2.45, 2.75) is 26.2 Å². The molecule has 70 valence electrons. The van der Waals surface area contributed by atoms with Crippen LogP contribution >= 0.6 is 0 Å². The van der Waals surface area contributed by atoms with Crippen molar-refractivity contribution >= 4 is 13.0 Å². The average Bonchev–Trinajstić information content (AvgIpc) is 2.90. The summed E-state index contributed by atoms with van der Waals surface area (Å²) in [7, 11) is 0. The summed E-state index contributed by atoms with van der Waals surface area (Å²) in [5, 5.41) is 0. The van der Waals surface area contributed by atoms with E-state index in [2.05, 4.69) is 11.7 Å². The maximum absolute atomic E-state index is 10.4. The van der Waals surface area contributed by atoms with E-state index in [4.69, 9.17) is 0 Å². The third-order valence-electron chi connectivity index (χ3n) is 2.13. The van der Waals surface area contributed by atoms with Crippen LogP contribution in [0.1, 0.15) is 26.2 Å². The Labute approximate surface area is 79.1 Å². The van der Waals surface area contributed by atoms with Crippen LogP contribution in [0, 0.1) is 5.92 Å². The molecule has 0 aromatic carbocycles. The van der Waals surface area contributed by atoms with Crippen molar-refractivity contribution in [1.29, 1.82) is 0 Å². The van der Waals surface area contributed by atoms with Crippen molar-refractivity contribution in [3.05, 3.63) is 23.4 Å². The van der Waals surface area contributed by atoms with Gasteiger partial charge in [-0.3, -0.25) is 4.99 Å². The molecule has 0 amide bonds. The van der Waals surface area contributed by atoms with Crippen LogP contribution in [-0.4, -0.2) is 13.0 Å². The molecule has 0 aliphatic heterocycles. The standard InChI is InChI=1S/C11H15NO/c1-3-4-9(7-8-13)11(12-2)10-5-6-10/h3-4,8,10H,2,5-7H2,1H3/b4-3-,11-9+. The summed E-state index contributed by atoms with van der Waals surface area (Å²) in [6.45, 7) is 5.49. The van der Waals surface area contributed by atoms with Gasteiger partial charge in [0.1, 0.15) is 6.29 Å². The molecule has 0 radical (unpaired) electrons. The predicted molar refractivity (Wildman–Crippen MR) is 54.8 cm³/mol. The number of aldehydes is 1. The van der Waals surface area contributed by atoms with E-state index in [0.717, 1.165) is 17.6 Å². The van der Waals surface area contributed by atoms with Crippen molar-refractivity contribution in [2.24, 2.45) is 10.9 Å². The monoisotopic (exact) mass is 177 g/mol. The first-order valence-electron chi connectivity index (χ1n) is 4.59. The number of carbonyl (C=O) groups excluding carboxylic acids is 1. The fraction of sp³-hybridized carbons (Fsp3) is 0.455. The minimum Gasteiger partial charge on any atom is -0.303 e. The zero-order valence-corrected chi connectivity index (χ0v) is 7.99. The molecular weight excluding hydrogens is 162 g/mol. The lowest BCUT2D eigenvalue weighted by molar-refractivity contribution is -0.107. The van der Waals surface area contributed by atoms with Crippen LogP contribution in [0.15, 0.2) is 28.4 Å². The van der Waals surface area contributed by atoms with E-state index in [1.807, 2.05) is 19.1 Å². The summed E-state index contributed by atoms with van der Waals surface area (Å²) < 4.78 is 0. The summed E-state index contributed by atoms with van der Waals surface area (Å²) in [6, 6.07) is 0. The summed E-state index contributed by atoms with van der Waals surface area (Å²) in [6.07, 6.45) is 7.64. The Hall–Kier alpha value is -1.18. The lowest BCUT2D eigenvalue weighted by Crippen LogP contribution is -1.90. The molecule has 1 saturated carbocycles. The molecule has 0 heterocycles. The van der Waals surface area contributed by atoms with Crippen LogP contribution in [0.4, 0.5) is 0 Å². The van der Waals surface area contributed by atoms with Crippen molar-refractivity contribution in [3.8, 4) is 0 Å². The Morgan fingerprint density at radius 1 is 1.62 bits per heavy atom. The van der Waals surface area contributed by atoms with Crippen molar-refractivity contribution < 1.29 is 4.79 Å². The van der Waals surface area contributed by atoms with Crippen LogP contribution < -0.4 is 0 Å². The SMILES string of the molecule is C=N/C(=C(\C=C/C)CC=O)C1CC1. The Bertz CT molecular complexity index is 259. The van der Waals surface area contributed by atoms with E-state index in [1.54, 1.807) is 0 Å². The van der Waals surface area contributed by atoms with Gasteiger partial charge in [-0.25, -0.2) is 0 Å². The molecule has 0 N–H and O–H groups in total. The third-order valence-corrected chi connectivity index (χ3v) is 2.13. The first-order chi connectivity index (χ1) is 6.33. The van der Waals surface area contributed by atoms with E-state index < -0.39 is 0 Å². The summed E-state index contributed by atoms with van der Waals surface area (Å²) >= 11 is 0. The number of hydrogen-bond donors (Lipinski definition) is 0. The number of rotatable bonds is 5. The van der Waals surface area contributed by atoms with Gasteiger partial charge in [0.25, 0.3) is 0 Å². The molecule has 0 aromatic heterocycles. The quantitative estimate of drug-likeness (QED) is 0.360. The van der Waals surface area contributed by atoms with Gasteiger partial charge in [-0.15, -0.1) is 0 Å². The predicted octanol–water partition coefficient (Wildman–Crippen LogP) is 2.52. The second kappa shape index (κ2) is 4.75. The molecule has 0 bridgehead atoms. The van der Waals surface area contributed by atoms with E-state index in [-0.39, 0.29) is 0 Å². The number of aliphatic imine (C=N–C) groups is 1. The topological polar surface area (TPSA) is 29.4 Å². The van der Waals surface area contributed by atoms with Crippen LogP contribution in [0.2, 0.25) is 0 Å². The first kappa shape index (κ1) is 9.90. The molecule has 1 aliphatic carbocycles. The molecular formula is C11H15NO. The van der Waals surface area contributed by atoms with E-state index >= 15 is 0 Å². The molecule has 1 fully saturated rings. The summed E-state index contributed by atoms with van der Waals surface area (Å²) in [5.41, 5.74) is 2.04. The van der Waals surface area contributed by atoms with Crippen LogP contribution in [0.3, 0.4) is 0 Å². The van der Waals surface area contributed by atoms with Gasteiger partial charge in [-0.2, -0.15) is 0 Å². The number of allylic oxidation sites excluding steroid dienone is 4. The molecule has 2 heteroatoms. The normalized spacial score (nSPS) is 18.5. The zero-order chi connectivity index (χ0) is 9.68. The van der Waals surface area contributed by atoms with Gasteiger partial charge < -0.3 is 4.79 Å². The van der Waals surface area contributed by atoms with Crippen molar-refractivity contribution in [3.63, 3.8) is 0 Å².